The standard InChI is InChI=1S/C16H31BO4/c1-7-18-14(19-8-2)12-10-9-11-13-17-20-15(3,4)16(5,6)21-17/h11,13-14H,7-10,12H2,1-6H3/b13-11+. The van der Waals surface area contributed by atoms with Crippen molar-refractivity contribution in [1.82, 2.24) is 0 Å². The van der Waals surface area contributed by atoms with Crippen molar-refractivity contribution < 1.29 is 18.8 Å². The van der Waals surface area contributed by atoms with Gasteiger partial charge in [0.15, 0.2) is 6.29 Å². The van der Waals surface area contributed by atoms with Crippen LogP contribution in [0.25, 0.3) is 0 Å². The smallest absolute Gasteiger partial charge is 0.400 e. The third-order valence-electron chi connectivity index (χ3n) is 4.08. The summed E-state index contributed by atoms with van der Waals surface area (Å²) < 4.78 is 22.9. The number of rotatable bonds is 9. The van der Waals surface area contributed by atoms with Crippen LogP contribution in [0.5, 0.6) is 0 Å². The molecular formula is C16H31BO4. The molecule has 1 heterocycles. The fourth-order valence-electron chi connectivity index (χ4n) is 2.16. The highest BCUT2D eigenvalue weighted by Gasteiger charge is 2.49. The van der Waals surface area contributed by atoms with E-state index in [1.165, 1.54) is 0 Å². The summed E-state index contributed by atoms with van der Waals surface area (Å²) in [6.07, 6.45) is 4.96. The monoisotopic (exact) mass is 298 g/mol. The molecule has 1 rings (SSSR count). The molecule has 0 radical (unpaired) electrons. The zero-order valence-corrected chi connectivity index (χ0v) is 14.5. The van der Waals surface area contributed by atoms with Crippen molar-refractivity contribution in [2.24, 2.45) is 0 Å². The van der Waals surface area contributed by atoms with E-state index < -0.39 is 0 Å². The van der Waals surface area contributed by atoms with E-state index in [9.17, 15) is 0 Å². The molecule has 5 heteroatoms. The third kappa shape index (κ3) is 5.74. The Kier molecular flexibility index (Phi) is 7.41. The largest absolute Gasteiger partial charge is 0.486 e. The summed E-state index contributed by atoms with van der Waals surface area (Å²) in [5.74, 6) is 2.01. The molecule has 0 atom stereocenters. The average molecular weight is 298 g/mol. The fourth-order valence-corrected chi connectivity index (χ4v) is 2.16. The third-order valence-corrected chi connectivity index (χ3v) is 4.08. The lowest BCUT2D eigenvalue weighted by atomic mass is 9.89. The summed E-state index contributed by atoms with van der Waals surface area (Å²) in [6.45, 7) is 13.6. The number of hydrogen-bond donors (Lipinski definition) is 0. The Hall–Kier alpha value is -0.355. The lowest BCUT2D eigenvalue weighted by Crippen LogP contribution is -2.41. The van der Waals surface area contributed by atoms with E-state index in [4.69, 9.17) is 18.8 Å². The van der Waals surface area contributed by atoms with E-state index in [2.05, 4.69) is 33.8 Å². The maximum atomic E-state index is 5.91. The van der Waals surface area contributed by atoms with E-state index in [1.807, 2.05) is 19.8 Å². The molecule has 0 aromatic carbocycles. The molecular weight excluding hydrogens is 267 g/mol. The molecule has 1 saturated heterocycles. The van der Waals surface area contributed by atoms with E-state index in [-0.39, 0.29) is 24.6 Å². The van der Waals surface area contributed by atoms with Crippen molar-refractivity contribution in [1.29, 1.82) is 0 Å². The Morgan fingerprint density at radius 1 is 1.00 bits per heavy atom. The van der Waals surface area contributed by atoms with Crippen molar-refractivity contribution in [3.05, 3.63) is 12.1 Å². The maximum absolute atomic E-state index is 5.91. The van der Waals surface area contributed by atoms with Crippen LogP contribution in [0.3, 0.4) is 0 Å². The fraction of sp³-hybridized carbons (Fsp3) is 0.875. The van der Waals surface area contributed by atoms with Gasteiger partial charge in [-0.25, -0.2) is 0 Å². The van der Waals surface area contributed by atoms with E-state index in [0.717, 1.165) is 19.3 Å². The topological polar surface area (TPSA) is 36.9 Å². The van der Waals surface area contributed by atoms with Gasteiger partial charge in [-0.3, -0.25) is 0 Å². The molecule has 1 aliphatic rings. The van der Waals surface area contributed by atoms with Crippen LogP contribution in [0.15, 0.2) is 12.1 Å². The van der Waals surface area contributed by atoms with E-state index >= 15 is 0 Å². The molecule has 0 unspecified atom stereocenters. The minimum atomic E-state index is -0.267. The van der Waals surface area contributed by atoms with Crippen molar-refractivity contribution in [3.8, 4) is 0 Å². The molecule has 0 spiro atoms. The normalized spacial score (nSPS) is 20.8. The zero-order valence-electron chi connectivity index (χ0n) is 14.5. The summed E-state index contributed by atoms with van der Waals surface area (Å²) in [5.41, 5.74) is -0.534. The molecule has 0 aromatic rings. The van der Waals surface area contributed by atoms with Gasteiger partial charge in [0.1, 0.15) is 0 Å². The first kappa shape index (κ1) is 18.7. The van der Waals surface area contributed by atoms with Gasteiger partial charge in [0, 0.05) is 13.2 Å². The highest BCUT2D eigenvalue weighted by Crippen LogP contribution is 2.36. The second-order valence-electron chi connectivity index (χ2n) is 6.32. The molecule has 0 bridgehead atoms. The summed E-state index contributed by atoms with van der Waals surface area (Å²) in [4.78, 5) is 0. The van der Waals surface area contributed by atoms with Gasteiger partial charge in [-0.15, -0.1) is 0 Å². The van der Waals surface area contributed by atoms with Gasteiger partial charge in [-0.05, 0) is 60.8 Å². The number of hydrogen-bond acceptors (Lipinski definition) is 4. The Labute approximate surface area is 130 Å². The SMILES string of the molecule is CCOC(CCC/C=C/B1OC(C)(C)C(C)(C)O1)OCC. The van der Waals surface area contributed by atoms with Crippen LogP contribution in [-0.2, 0) is 18.8 Å². The molecule has 0 saturated carbocycles. The van der Waals surface area contributed by atoms with Gasteiger partial charge in [-0.2, -0.15) is 0 Å². The van der Waals surface area contributed by atoms with Crippen LogP contribution in [-0.4, -0.2) is 37.8 Å². The molecule has 4 nitrogen and oxygen atoms in total. The number of allylic oxidation sites excluding steroid dienone is 1. The number of unbranched alkanes of at least 4 members (excludes halogenated alkanes) is 1. The lowest BCUT2D eigenvalue weighted by Gasteiger charge is -2.32. The Bertz CT molecular complexity index is 306. The Morgan fingerprint density at radius 3 is 2.00 bits per heavy atom. The van der Waals surface area contributed by atoms with Gasteiger partial charge in [0.25, 0.3) is 0 Å². The van der Waals surface area contributed by atoms with E-state index in [1.54, 1.807) is 0 Å². The molecule has 0 aliphatic carbocycles. The molecule has 0 amide bonds. The van der Waals surface area contributed by atoms with Gasteiger partial charge in [0.05, 0.1) is 11.2 Å². The maximum Gasteiger partial charge on any atom is 0.486 e. The Morgan fingerprint density at radius 2 is 1.52 bits per heavy atom. The van der Waals surface area contributed by atoms with Crippen molar-refractivity contribution in [2.75, 3.05) is 13.2 Å². The lowest BCUT2D eigenvalue weighted by molar-refractivity contribution is -0.139. The van der Waals surface area contributed by atoms with Crippen LogP contribution >= 0.6 is 0 Å². The first-order valence-electron chi connectivity index (χ1n) is 8.08. The number of ether oxygens (including phenoxy) is 2. The van der Waals surface area contributed by atoms with Crippen LogP contribution < -0.4 is 0 Å². The molecule has 1 fully saturated rings. The van der Waals surface area contributed by atoms with Gasteiger partial charge in [0.2, 0.25) is 0 Å². The van der Waals surface area contributed by atoms with Crippen LogP contribution in [0.2, 0.25) is 0 Å². The molecule has 122 valence electrons. The quantitative estimate of drug-likeness (QED) is 0.369. The first-order valence-corrected chi connectivity index (χ1v) is 8.08. The molecule has 21 heavy (non-hydrogen) atoms. The second kappa shape index (κ2) is 8.32. The molecule has 0 N–H and O–H groups in total. The van der Waals surface area contributed by atoms with Gasteiger partial charge >= 0.3 is 7.12 Å². The second-order valence-corrected chi connectivity index (χ2v) is 6.32. The minimum Gasteiger partial charge on any atom is -0.400 e. The van der Waals surface area contributed by atoms with Crippen LogP contribution in [0.4, 0.5) is 0 Å². The first-order chi connectivity index (χ1) is 9.82. The zero-order chi connectivity index (χ0) is 15.9. The predicted molar refractivity (Wildman–Crippen MR) is 86.1 cm³/mol. The van der Waals surface area contributed by atoms with Gasteiger partial charge < -0.3 is 18.8 Å². The Balaban J connectivity index is 2.27. The molecule has 0 aromatic heterocycles. The van der Waals surface area contributed by atoms with Gasteiger partial charge in [-0.1, -0.05) is 12.1 Å². The van der Waals surface area contributed by atoms with Crippen molar-refractivity contribution in [2.45, 2.75) is 78.3 Å². The van der Waals surface area contributed by atoms with Crippen LogP contribution in [0.1, 0.15) is 60.8 Å². The summed E-state index contributed by atoms with van der Waals surface area (Å²) in [7, 11) is -0.246. The summed E-state index contributed by atoms with van der Waals surface area (Å²) in [6, 6.07) is 0. The van der Waals surface area contributed by atoms with Crippen LogP contribution in [0, 0.1) is 0 Å². The van der Waals surface area contributed by atoms with Crippen molar-refractivity contribution >= 4 is 7.12 Å². The summed E-state index contributed by atoms with van der Waals surface area (Å²) in [5, 5.41) is 0. The predicted octanol–water partition coefficient (Wildman–Crippen LogP) is 3.74. The summed E-state index contributed by atoms with van der Waals surface area (Å²) >= 11 is 0. The minimum absolute atomic E-state index is 0.0785. The highest BCUT2D eigenvalue weighted by molar-refractivity contribution is 6.51. The van der Waals surface area contributed by atoms with Crippen molar-refractivity contribution in [3.63, 3.8) is 0 Å². The van der Waals surface area contributed by atoms with E-state index in [0.29, 0.717) is 13.2 Å². The highest BCUT2D eigenvalue weighted by atomic mass is 16.7. The molecule has 1 aliphatic heterocycles. The average Bonchev–Trinajstić information content (AvgIpc) is 2.57.